The van der Waals surface area contributed by atoms with Crippen LogP contribution in [0.3, 0.4) is 0 Å². The summed E-state index contributed by atoms with van der Waals surface area (Å²) in [6.07, 6.45) is 2.32. The molecule has 0 radical (unpaired) electrons. The fraction of sp³-hybridized carbons (Fsp3) is 0.400. The maximum atomic E-state index is 13.1. The van der Waals surface area contributed by atoms with Crippen molar-refractivity contribution in [3.8, 4) is 0 Å². The Morgan fingerprint density at radius 2 is 1.96 bits per heavy atom. The number of benzene rings is 1. The van der Waals surface area contributed by atoms with Gasteiger partial charge < -0.3 is 10.0 Å². The number of likely N-dealkylation sites (tertiary alicyclic amines) is 1. The summed E-state index contributed by atoms with van der Waals surface area (Å²) in [7, 11) is 0. The minimum Gasteiger partial charge on any atom is -0.480 e. The van der Waals surface area contributed by atoms with Crippen molar-refractivity contribution in [2.45, 2.75) is 31.3 Å². The zero-order valence-electron chi connectivity index (χ0n) is 14.5. The lowest BCUT2D eigenvalue weighted by Crippen LogP contribution is -2.47. The third-order valence-electron chi connectivity index (χ3n) is 5.39. The number of aliphatic carboxylic acids is 1. The SMILES string of the molecule is O=C(O)[C@@H]1CCCN1CC(=O)N1CCc2sccc2C1c1ccccc1. The molecule has 1 amide bonds. The maximum Gasteiger partial charge on any atom is 0.320 e. The quantitative estimate of drug-likeness (QED) is 0.899. The molecule has 0 spiro atoms. The van der Waals surface area contributed by atoms with Gasteiger partial charge in [0.1, 0.15) is 6.04 Å². The van der Waals surface area contributed by atoms with Crippen LogP contribution in [-0.2, 0) is 16.0 Å². The number of hydrogen-bond acceptors (Lipinski definition) is 4. The fourth-order valence-electron chi connectivity index (χ4n) is 4.14. The van der Waals surface area contributed by atoms with Gasteiger partial charge in [-0.25, -0.2) is 0 Å². The van der Waals surface area contributed by atoms with E-state index in [4.69, 9.17) is 0 Å². The zero-order chi connectivity index (χ0) is 18.1. The van der Waals surface area contributed by atoms with Crippen LogP contribution in [-0.4, -0.2) is 52.5 Å². The molecule has 0 saturated carbocycles. The molecule has 1 aromatic carbocycles. The first kappa shape index (κ1) is 17.2. The zero-order valence-corrected chi connectivity index (χ0v) is 15.3. The van der Waals surface area contributed by atoms with Gasteiger partial charge in [-0.15, -0.1) is 11.3 Å². The molecule has 1 N–H and O–H groups in total. The predicted molar refractivity (Wildman–Crippen MR) is 100 cm³/mol. The van der Waals surface area contributed by atoms with Crippen molar-refractivity contribution >= 4 is 23.2 Å². The van der Waals surface area contributed by atoms with Gasteiger partial charge in [-0.05, 0) is 48.4 Å². The smallest absolute Gasteiger partial charge is 0.320 e. The number of thiophene rings is 1. The predicted octanol–water partition coefficient (Wildman–Crippen LogP) is 2.77. The van der Waals surface area contributed by atoms with Crippen molar-refractivity contribution in [2.75, 3.05) is 19.6 Å². The van der Waals surface area contributed by atoms with Gasteiger partial charge in [0.25, 0.3) is 0 Å². The molecule has 4 rings (SSSR count). The summed E-state index contributed by atoms with van der Waals surface area (Å²) in [5, 5.41) is 11.5. The van der Waals surface area contributed by atoms with E-state index in [0.29, 0.717) is 19.5 Å². The molecule has 2 aromatic rings. The van der Waals surface area contributed by atoms with Crippen LogP contribution in [0.4, 0.5) is 0 Å². The van der Waals surface area contributed by atoms with Gasteiger partial charge in [-0.1, -0.05) is 30.3 Å². The largest absolute Gasteiger partial charge is 0.480 e. The summed E-state index contributed by atoms with van der Waals surface area (Å²) in [4.78, 5) is 29.6. The van der Waals surface area contributed by atoms with Crippen molar-refractivity contribution < 1.29 is 14.7 Å². The molecule has 1 unspecified atom stereocenters. The van der Waals surface area contributed by atoms with Crippen molar-refractivity contribution in [3.63, 3.8) is 0 Å². The van der Waals surface area contributed by atoms with Gasteiger partial charge in [0.2, 0.25) is 5.91 Å². The number of hydrogen-bond donors (Lipinski definition) is 1. The second-order valence-electron chi connectivity index (χ2n) is 6.92. The molecule has 6 heteroatoms. The van der Waals surface area contributed by atoms with E-state index in [0.717, 1.165) is 18.4 Å². The molecular formula is C20H22N2O3S. The third kappa shape index (κ3) is 3.15. The van der Waals surface area contributed by atoms with E-state index in [9.17, 15) is 14.7 Å². The molecule has 136 valence electrons. The Morgan fingerprint density at radius 1 is 1.15 bits per heavy atom. The van der Waals surface area contributed by atoms with Gasteiger partial charge in [0, 0.05) is 11.4 Å². The van der Waals surface area contributed by atoms with E-state index in [-0.39, 0.29) is 18.5 Å². The highest BCUT2D eigenvalue weighted by molar-refractivity contribution is 7.10. The summed E-state index contributed by atoms with van der Waals surface area (Å²) < 4.78 is 0. The van der Waals surface area contributed by atoms with Crippen molar-refractivity contribution in [1.82, 2.24) is 9.80 Å². The molecule has 3 heterocycles. The number of carbonyl (C=O) groups excluding carboxylic acids is 1. The van der Waals surface area contributed by atoms with E-state index < -0.39 is 12.0 Å². The minimum atomic E-state index is -0.825. The van der Waals surface area contributed by atoms with Crippen molar-refractivity contribution in [2.24, 2.45) is 0 Å². The first-order valence-corrected chi connectivity index (χ1v) is 9.90. The molecule has 2 aliphatic heterocycles. The van der Waals surface area contributed by atoms with Crippen LogP contribution in [0.1, 0.15) is 34.9 Å². The Kier molecular flexibility index (Phi) is 4.78. The second-order valence-corrected chi connectivity index (χ2v) is 7.92. The summed E-state index contributed by atoms with van der Waals surface area (Å²) in [5.74, 6) is -0.808. The lowest BCUT2D eigenvalue weighted by Gasteiger charge is -2.37. The topological polar surface area (TPSA) is 60.9 Å². The van der Waals surface area contributed by atoms with Gasteiger partial charge in [0.05, 0.1) is 12.6 Å². The van der Waals surface area contributed by atoms with Crippen LogP contribution in [0, 0.1) is 0 Å². The fourth-order valence-corrected chi connectivity index (χ4v) is 5.04. The molecule has 2 atom stereocenters. The number of amides is 1. The Hall–Kier alpha value is -2.18. The van der Waals surface area contributed by atoms with E-state index in [1.165, 1.54) is 10.4 Å². The first-order valence-electron chi connectivity index (χ1n) is 9.02. The standard InChI is InChI=1S/C20H22N2O3S/c23-18(13-21-10-4-7-16(21)20(24)25)22-11-8-17-15(9-12-26-17)19(22)14-5-2-1-3-6-14/h1-3,5-6,9,12,16,19H,4,7-8,10-11,13H2,(H,24,25)/t16-,19?/m0/s1. The Morgan fingerprint density at radius 3 is 2.73 bits per heavy atom. The summed E-state index contributed by atoms with van der Waals surface area (Å²) in [6, 6.07) is 11.6. The van der Waals surface area contributed by atoms with Crippen LogP contribution in [0.25, 0.3) is 0 Å². The van der Waals surface area contributed by atoms with E-state index in [1.54, 1.807) is 11.3 Å². The van der Waals surface area contributed by atoms with Gasteiger partial charge in [0.15, 0.2) is 0 Å². The van der Waals surface area contributed by atoms with Crippen LogP contribution < -0.4 is 0 Å². The highest BCUT2D eigenvalue weighted by Crippen LogP contribution is 2.37. The second kappa shape index (κ2) is 7.21. The number of rotatable bonds is 4. The van der Waals surface area contributed by atoms with E-state index in [2.05, 4.69) is 23.6 Å². The van der Waals surface area contributed by atoms with Crippen LogP contribution in [0.15, 0.2) is 41.8 Å². The molecule has 1 saturated heterocycles. The average molecular weight is 370 g/mol. The Bertz CT molecular complexity index is 804. The van der Waals surface area contributed by atoms with Gasteiger partial charge >= 0.3 is 5.97 Å². The monoisotopic (exact) mass is 370 g/mol. The highest BCUT2D eigenvalue weighted by Gasteiger charge is 2.36. The molecule has 5 nitrogen and oxygen atoms in total. The van der Waals surface area contributed by atoms with Crippen LogP contribution in [0.2, 0.25) is 0 Å². The first-order chi connectivity index (χ1) is 12.6. The Labute approximate surface area is 156 Å². The number of fused-ring (bicyclic) bond motifs is 1. The van der Waals surface area contributed by atoms with E-state index >= 15 is 0 Å². The summed E-state index contributed by atoms with van der Waals surface area (Å²) in [5.41, 5.74) is 2.31. The molecule has 0 bridgehead atoms. The highest BCUT2D eigenvalue weighted by atomic mass is 32.1. The van der Waals surface area contributed by atoms with E-state index in [1.807, 2.05) is 28.0 Å². The maximum absolute atomic E-state index is 13.1. The van der Waals surface area contributed by atoms with Crippen LogP contribution >= 0.6 is 11.3 Å². The Balaban J connectivity index is 1.60. The van der Waals surface area contributed by atoms with Gasteiger partial charge in [-0.3, -0.25) is 14.5 Å². The molecule has 1 aromatic heterocycles. The average Bonchev–Trinajstić information content (AvgIpc) is 3.30. The molecular weight excluding hydrogens is 348 g/mol. The van der Waals surface area contributed by atoms with Crippen molar-refractivity contribution in [3.05, 3.63) is 57.8 Å². The molecule has 2 aliphatic rings. The number of carbonyl (C=O) groups is 2. The molecule has 1 fully saturated rings. The summed E-state index contributed by atoms with van der Waals surface area (Å²) >= 11 is 1.75. The number of nitrogens with zero attached hydrogens (tertiary/aromatic N) is 2. The lowest BCUT2D eigenvalue weighted by molar-refractivity contribution is -0.143. The van der Waals surface area contributed by atoms with Crippen LogP contribution in [0.5, 0.6) is 0 Å². The third-order valence-corrected chi connectivity index (χ3v) is 6.39. The molecule has 26 heavy (non-hydrogen) atoms. The van der Waals surface area contributed by atoms with Gasteiger partial charge in [-0.2, -0.15) is 0 Å². The number of carboxylic acid groups (broad SMARTS) is 1. The summed E-state index contributed by atoms with van der Waals surface area (Å²) in [6.45, 7) is 1.54. The minimum absolute atomic E-state index is 0.0175. The number of carboxylic acids is 1. The normalized spacial score (nSPS) is 23.0. The molecule has 0 aliphatic carbocycles. The lowest BCUT2D eigenvalue weighted by atomic mass is 9.93. The van der Waals surface area contributed by atoms with Crippen molar-refractivity contribution in [1.29, 1.82) is 0 Å².